The molecule has 1 amide bonds. The van der Waals surface area contributed by atoms with Gasteiger partial charge in [0.2, 0.25) is 0 Å². The highest BCUT2D eigenvalue weighted by atomic mass is 16.6. The third-order valence-electron chi connectivity index (χ3n) is 4.19. The molecule has 6 heteroatoms. The van der Waals surface area contributed by atoms with E-state index >= 15 is 0 Å². The molecule has 1 aliphatic rings. The van der Waals surface area contributed by atoms with Gasteiger partial charge in [-0.3, -0.25) is 0 Å². The lowest BCUT2D eigenvalue weighted by atomic mass is 9.96. The van der Waals surface area contributed by atoms with E-state index in [2.05, 4.69) is 12.2 Å². The van der Waals surface area contributed by atoms with Crippen LogP contribution in [-0.4, -0.2) is 61.5 Å². The van der Waals surface area contributed by atoms with Crippen molar-refractivity contribution in [3.05, 3.63) is 0 Å². The number of ether oxygens (including phenoxy) is 2. The van der Waals surface area contributed by atoms with Crippen LogP contribution in [0.15, 0.2) is 0 Å². The fourth-order valence-corrected chi connectivity index (χ4v) is 3.03. The monoisotopic (exact) mass is 329 g/mol. The van der Waals surface area contributed by atoms with Crippen LogP contribution < -0.4 is 11.1 Å². The van der Waals surface area contributed by atoms with E-state index in [0.717, 1.165) is 32.2 Å². The van der Waals surface area contributed by atoms with Gasteiger partial charge in [-0.25, -0.2) is 4.79 Å². The minimum absolute atomic E-state index is 0.107. The van der Waals surface area contributed by atoms with E-state index in [-0.39, 0.29) is 24.2 Å². The van der Waals surface area contributed by atoms with Crippen LogP contribution in [0.4, 0.5) is 4.79 Å². The summed E-state index contributed by atoms with van der Waals surface area (Å²) in [6.45, 7) is 9.89. The maximum Gasteiger partial charge on any atom is 0.410 e. The molecule has 0 aromatic rings. The Hall–Kier alpha value is -0.850. The maximum absolute atomic E-state index is 12.4. The van der Waals surface area contributed by atoms with E-state index in [1.807, 2.05) is 25.7 Å². The first kappa shape index (κ1) is 20.2. The summed E-state index contributed by atoms with van der Waals surface area (Å²) in [7, 11) is 1.72. The summed E-state index contributed by atoms with van der Waals surface area (Å²) in [5.74, 6) is 0. The van der Waals surface area contributed by atoms with E-state index in [1.165, 1.54) is 0 Å². The number of hydrogen-bond donors (Lipinski definition) is 2. The van der Waals surface area contributed by atoms with Crippen molar-refractivity contribution < 1.29 is 14.3 Å². The Morgan fingerprint density at radius 1 is 1.43 bits per heavy atom. The number of piperidine rings is 1. The summed E-state index contributed by atoms with van der Waals surface area (Å²) >= 11 is 0. The number of carbonyl (C=O) groups is 1. The molecule has 1 fully saturated rings. The van der Waals surface area contributed by atoms with E-state index in [4.69, 9.17) is 15.2 Å². The minimum Gasteiger partial charge on any atom is -0.444 e. The van der Waals surface area contributed by atoms with E-state index in [9.17, 15) is 4.79 Å². The molecule has 0 bridgehead atoms. The number of nitrogens with two attached hydrogens (primary N) is 1. The number of likely N-dealkylation sites (tertiary alicyclic amines) is 1. The first-order chi connectivity index (χ1) is 10.8. The molecule has 1 saturated heterocycles. The van der Waals surface area contributed by atoms with Crippen molar-refractivity contribution in [3.8, 4) is 0 Å². The lowest BCUT2D eigenvalue weighted by Gasteiger charge is -2.41. The van der Waals surface area contributed by atoms with Crippen LogP contribution in [0.2, 0.25) is 0 Å². The van der Waals surface area contributed by atoms with Gasteiger partial charge in [0.25, 0.3) is 0 Å². The molecule has 3 unspecified atom stereocenters. The number of carbonyl (C=O) groups excluding carboxylic acids is 1. The average molecular weight is 329 g/mol. The van der Waals surface area contributed by atoms with Crippen LogP contribution in [0.1, 0.15) is 53.4 Å². The molecule has 0 aliphatic carbocycles. The second-order valence-corrected chi connectivity index (χ2v) is 7.41. The normalized spacial score (nSPS) is 23.7. The third kappa shape index (κ3) is 7.06. The van der Waals surface area contributed by atoms with Crippen molar-refractivity contribution in [2.45, 2.75) is 77.1 Å². The zero-order valence-electron chi connectivity index (χ0n) is 15.4. The molecule has 136 valence electrons. The van der Waals surface area contributed by atoms with Crippen LogP contribution in [-0.2, 0) is 9.47 Å². The summed E-state index contributed by atoms with van der Waals surface area (Å²) in [5, 5.41) is 3.66. The van der Waals surface area contributed by atoms with Crippen LogP contribution in [0.25, 0.3) is 0 Å². The quantitative estimate of drug-likeness (QED) is 0.748. The Kier molecular flexibility index (Phi) is 8.29. The number of hydrogen-bond acceptors (Lipinski definition) is 5. The molecular formula is C17H35N3O3. The summed E-state index contributed by atoms with van der Waals surface area (Å²) < 4.78 is 10.8. The molecule has 23 heavy (non-hydrogen) atoms. The molecule has 1 rings (SSSR count). The van der Waals surface area contributed by atoms with Crippen molar-refractivity contribution in [2.75, 3.05) is 26.8 Å². The van der Waals surface area contributed by atoms with Gasteiger partial charge in [-0.05, 0) is 59.9 Å². The molecule has 3 N–H and O–H groups in total. The van der Waals surface area contributed by atoms with Gasteiger partial charge < -0.3 is 25.4 Å². The summed E-state index contributed by atoms with van der Waals surface area (Å²) in [6, 6.07) is 0.639. The standard InChI is InChI=1S/C17H35N3O3/c1-13-15(19-14(12-22-5)8-6-10-18)9-7-11-20(13)16(21)23-17(2,3)4/h13-15,19H,6-12,18H2,1-5H3. The number of methoxy groups -OCH3 is 1. The maximum atomic E-state index is 12.4. The highest BCUT2D eigenvalue weighted by Crippen LogP contribution is 2.21. The molecule has 1 aliphatic heterocycles. The second kappa shape index (κ2) is 9.45. The fraction of sp³-hybridized carbons (Fsp3) is 0.941. The fourth-order valence-electron chi connectivity index (χ4n) is 3.03. The van der Waals surface area contributed by atoms with Crippen LogP contribution in [0, 0.1) is 0 Å². The lowest BCUT2D eigenvalue weighted by Crippen LogP contribution is -2.57. The molecule has 6 nitrogen and oxygen atoms in total. The minimum atomic E-state index is -0.461. The molecule has 1 heterocycles. The number of amides is 1. The third-order valence-corrected chi connectivity index (χ3v) is 4.19. The Labute approximate surface area is 141 Å². The molecular weight excluding hydrogens is 294 g/mol. The number of nitrogens with one attached hydrogen (secondary N) is 1. The number of rotatable bonds is 7. The zero-order valence-corrected chi connectivity index (χ0v) is 15.4. The largest absolute Gasteiger partial charge is 0.444 e. The molecule has 0 radical (unpaired) electrons. The van der Waals surface area contributed by atoms with Gasteiger partial charge >= 0.3 is 6.09 Å². The van der Waals surface area contributed by atoms with Crippen molar-refractivity contribution in [1.29, 1.82) is 0 Å². The topological polar surface area (TPSA) is 76.8 Å². The van der Waals surface area contributed by atoms with Gasteiger partial charge in [-0.1, -0.05) is 0 Å². The number of nitrogens with zero attached hydrogens (tertiary/aromatic N) is 1. The Morgan fingerprint density at radius 3 is 2.70 bits per heavy atom. The van der Waals surface area contributed by atoms with E-state index in [0.29, 0.717) is 13.2 Å². The van der Waals surface area contributed by atoms with E-state index in [1.54, 1.807) is 7.11 Å². The van der Waals surface area contributed by atoms with Gasteiger partial charge in [-0.15, -0.1) is 0 Å². The summed E-state index contributed by atoms with van der Waals surface area (Å²) in [4.78, 5) is 14.2. The van der Waals surface area contributed by atoms with Crippen molar-refractivity contribution >= 4 is 6.09 Å². The van der Waals surface area contributed by atoms with Crippen LogP contribution in [0.5, 0.6) is 0 Å². The summed E-state index contributed by atoms with van der Waals surface area (Å²) in [6.07, 6.45) is 3.78. The van der Waals surface area contributed by atoms with Crippen molar-refractivity contribution in [3.63, 3.8) is 0 Å². The van der Waals surface area contributed by atoms with Gasteiger partial charge in [-0.2, -0.15) is 0 Å². The molecule has 0 spiro atoms. The highest BCUT2D eigenvalue weighted by Gasteiger charge is 2.34. The molecule has 0 aromatic carbocycles. The summed E-state index contributed by atoms with van der Waals surface area (Å²) in [5.41, 5.74) is 5.15. The predicted molar refractivity (Wildman–Crippen MR) is 92.5 cm³/mol. The van der Waals surface area contributed by atoms with Crippen LogP contribution in [0.3, 0.4) is 0 Å². The first-order valence-corrected chi connectivity index (χ1v) is 8.73. The smallest absolute Gasteiger partial charge is 0.410 e. The Balaban J connectivity index is 2.63. The average Bonchev–Trinajstić information content (AvgIpc) is 2.45. The highest BCUT2D eigenvalue weighted by molar-refractivity contribution is 5.68. The van der Waals surface area contributed by atoms with Gasteiger partial charge in [0, 0.05) is 31.8 Å². The van der Waals surface area contributed by atoms with Gasteiger partial charge in [0.15, 0.2) is 0 Å². The molecule has 3 atom stereocenters. The van der Waals surface area contributed by atoms with E-state index < -0.39 is 5.60 Å². The second-order valence-electron chi connectivity index (χ2n) is 7.41. The lowest BCUT2D eigenvalue weighted by molar-refractivity contribution is 0.00535. The molecule has 0 aromatic heterocycles. The van der Waals surface area contributed by atoms with Crippen molar-refractivity contribution in [2.24, 2.45) is 5.73 Å². The van der Waals surface area contributed by atoms with Crippen molar-refractivity contribution in [1.82, 2.24) is 10.2 Å². The SMILES string of the molecule is COCC(CCCN)NC1CCCN(C(=O)OC(C)(C)C)C1C. The van der Waals surface area contributed by atoms with Gasteiger partial charge in [0.05, 0.1) is 6.61 Å². The molecule has 0 saturated carbocycles. The predicted octanol–water partition coefficient (Wildman–Crippen LogP) is 2.12. The Morgan fingerprint density at radius 2 is 2.13 bits per heavy atom. The first-order valence-electron chi connectivity index (χ1n) is 8.73. The van der Waals surface area contributed by atoms with Gasteiger partial charge in [0.1, 0.15) is 5.60 Å². The zero-order chi connectivity index (χ0) is 17.5. The Bertz CT molecular complexity index is 357. The van der Waals surface area contributed by atoms with Crippen LogP contribution >= 0.6 is 0 Å².